The Balaban J connectivity index is 2.60. The molecule has 1 aromatic heterocycles. The van der Waals surface area contributed by atoms with Crippen molar-refractivity contribution < 1.29 is 9.59 Å². The van der Waals surface area contributed by atoms with Crippen LogP contribution in [0.25, 0.3) is 0 Å². The third-order valence-corrected chi connectivity index (χ3v) is 2.59. The molecule has 0 aromatic carbocycles. The Kier molecular flexibility index (Phi) is 6.79. The molecule has 1 aromatic rings. The van der Waals surface area contributed by atoms with Gasteiger partial charge in [-0.2, -0.15) is 0 Å². The molecule has 6 nitrogen and oxygen atoms in total. The summed E-state index contributed by atoms with van der Waals surface area (Å²) in [6.07, 6.45) is 0.853. The van der Waals surface area contributed by atoms with Crippen LogP contribution in [-0.4, -0.2) is 36.4 Å². The second-order valence-electron chi connectivity index (χ2n) is 4.13. The molecule has 1 rings (SSSR count). The Hall–Kier alpha value is -1.82. The van der Waals surface area contributed by atoms with Crippen molar-refractivity contribution in [1.29, 1.82) is 0 Å². The minimum Gasteiger partial charge on any atom is -0.370 e. The third-order valence-electron chi connectivity index (χ3n) is 2.40. The van der Waals surface area contributed by atoms with Gasteiger partial charge in [0.15, 0.2) is 0 Å². The van der Waals surface area contributed by atoms with Gasteiger partial charge in [-0.05, 0) is 25.5 Å². The zero-order valence-corrected chi connectivity index (χ0v) is 12.4. The van der Waals surface area contributed by atoms with E-state index < -0.39 is 0 Å². The van der Waals surface area contributed by atoms with Gasteiger partial charge in [-0.25, -0.2) is 4.98 Å². The minimum absolute atomic E-state index is 0.0602. The fourth-order valence-corrected chi connectivity index (χ4v) is 1.70. The highest BCUT2D eigenvalue weighted by Gasteiger charge is 2.10. The van der Waals surface area contributed by atoms with Crippen molar-refractivity contribution in [3.05, 3.63) is 22.8 Å². The van der Waals surface area contributed by atoms with Crippen molar-refractivity contribution in [3.8, 4) is 0 Å². The van der Waals surface area contributed by atoms with Crippen LogP contribution in [0.1, 0.15) is 30.6 Å². The van der Waals surface area contributed by atoms with Gasteiger partial charge >= 0.3 is 0 Å². The number of anilines is 1. The summed E-state index contributed by atoms with van der Waals surface area (Å²) in [6, 6.07) is 3.05. The van der Waals surface area contributed by atoms with Gasteiger partial charge in [0.25, 0.3) is 5.91 Å². The fraction of sp³-hybridized carbons (Fsp3) is 0.462. The van der Waals surface area contributed by atoms with E-state index in [2.05, 4.69) is 20.9 Å². The third kappa shape index (κ3) is 5.44. The van der Waals surface area contributed by atoms with Crippen molar-refractivity contribution in [2.45, 2.75) is 20.3 Å². The molecule has 110 valence electrons. The molecule has 0 bridgehead atoms. The highest BCUT2D eigenvalue weighted by atomic mass is 35.5. The molecule has 0 saturated heterocycles. The van der Waals surface area contributed by atoms with E-state index in [0.29, 0.717) is 24.5 Å². The molecule has 2 amide bonds. The average molecular weight is 299 g/mol. The number of aromatic nitrogens is 1. The van der Waals surface area contributed by atoms with E-state index in [0.717, 1.165) is 6.42 Å². The number of amides is 2. The van der Waals surface area contributed by atoms with Gasteiger partial charge in [0.2, 0.25) is 5.91 Å². The number of carbonyl (C=O) groups excluding carboxylic acids is 2. The first-order chi connectivity index (χ1) is 9.56. The molecule has 1 heterocycles. The molecule has 7 heteroatoms. The molecule has 0 aliphatic carbocycles. The summed E-state index contributed by atoms with van der Waals surface area (Å²) in [6.45, 7) is 5.09. The number of hydrogen-bond donors (Lipinski definition) is 3. The van der Waals surface area contributed by atoms with Crippen LogP contribution in [0.3, 0.4) is 0 Å². The lowest BCUT2D eigenvalue weighted by Crippen LogP contribution is -2.37. The number of carbonyl (C=O) groups is 2. The van der Waals surface area contributed by atoms with E-state index in [-0.39, 0.29) is 23.5 Å². The first-order valence-corrected chi connectivity index (χ1v) is 6.91. The largest absolute Gasteiger partial charge is 0.370 e. The van der Waals surface area contributed by atoms with Gasteiger partial charge < -0.3 is 16.0 Å². The van der Waals surface area contributed by atoms with Crippen molar-refractivity contribution in [2.75, 3.05) is 25.0 Å². The van der Waals surface area contributed by atoms with E-state index in [1.807, 2.05) is 13.8 Å². The van der Waals surface area contributed by atoms with E-state index in [1.165, 1.54) is 6.07 Å². The molecule has 0 spiro atoms. The van der Waals surface area contributed by atoms with Crippen molar-refractivity contribution >= 4 is 29.2 Å². The highest BCUT2D eigenvalue weighted by Crippen LogP contribution is 2.14. The van der Waals surface area contributed by atoms with Crippen LogP contribution in [0.2, 0.25) is 5.15 Å². The van der Waals surface area contributed by atoms with Crippen LogP contribution in [0, 0.1) is 0 Å². The molecular weight excluding hydrogens is 280 g/mol. The average Bonchev–Trinajstić information content (AvgIpc) is 2.42. The molecule has 0 saturated carbocycles. The monoisotopic (exact) mass is 298 g/mol. The molecule has 0 atom stereocenters. The molecule has 20 heavy (non-hydrogen) atoms. The SMILES string of the molecule is CCCNC(=O)CNC(=O)c1cc(Cl)nc(NCC)c1. The summed E-state index contributed by atoms with van der Waals surface area (Å²) in [5.41, 5.74) is 0.365. The van der Waals surface area contributed by atoms with Crippen molar-refractivity contribution in [1.82, 2.24) is 15.6 Å². The van der Waals surface area contributed by atoms with Gasteiger partial charge in [0.1, 0.15) is 11.0 Å². The van der Waals surface area contributed by atoms with Crippen LogP contribution in [0.5, 0.6) is 0 Å². The molecule has 0 fully saturated rings. The summed E-state index contributed by atoms with van der Waals surface area (Å²) in [7, 11) is 0. The lowest BCUT2D eigenvalue weighted by molar-refractivity contribution is -0.120. The maximum atomic E-state index is 11.9. The maximum absolute atomic E-state index is 11.9. The normalized spacial score (nSPS) is 9.95. The summed E-state index contributed by atoms with van der Waals surface area (Å²) in [4.78, 5) is 27.4. The summed E-state index contributed by atoms with van der Waals surface area (Å²) < 4.78 is 0. The van der Waals surface area contributed by atoms with E-state index in [1.54, 1.807) is 6.07 Å². The summed E-state index contributed by atoms with van der Waals surface area (Å²) >= 11 is 5.85. The van der Waals surface area contributed by atoms with Gasteiger partial charge in [0.05, 0.1) is 6.54 Å². The second-order valence-corrected chi connectivity index (χ2v) is 4.51. The van der Waals surface area contributed by atoms with Crippen LogP contribution in [-0.2, 0) is 4.79 Å². The smallest absolute Gasteiger partial charge is 0.251 e. The zero-order valence-electron chi connectivity index (χ0n) is 11.6. The minimum atomic E-state index is -0.361. The van der Waals surface area contributed by atoms with Crippen LogP contribution >= 0.6 is 11.6 Å². The Morgan fingerprint density at radius 2 is 2.00 bits per heavy atom. The molecular formula is C13H19ClN4O2. The Morgan fingerprint density at radius 3 is 2.65 bits per heavy atom. The van der Waals surface area contributed by atoms with E-state index in [9.17, 15) is 9.59 Å². The number of nitrogens with zero attached hydrogens (tertiary/aromatic N) is 1. The van der Waals surface area contributed by atoms with Crippen molar-refractivity contribution in [2.24, 2.45) is 0 Å². The van der Waals surface area contributed by atoms with Crippen LogP contribution < -0.4 is 16.0 Å². The summed E-state index contributed by atoms with van der Waals surface area (Å²) in [5, 5.41) is 8.42. The molecule has 3 N–H and O–H groups in total. The number of rotatable bonds is 7. The van der Waals surface area contributed by atoms with Crippen molar-refractivity contribution in [3.63, 3.8) is 0 Å². The number of nitrogens with one attached hydrogen (secondary N) is 3. The Bertz CT molecular complexity index is 479. The van der Waals surface area contributed by atoms with Gasteiger partial charge in [-0.3, -0.25) is 9.59 Å². The zero-order chi connectivity index (χ0) is 15.0. The Labute approximate surface area is 123 Å². The standard InChI is InChI=1S/C13H19ClN4O2/c1-3-5-16-12(19)8-17-13(20)9-6-10(14)18-11(7-9)15-4-2/h6-7H,3-5,8H2,1-2H3,(H,15,18)(H,16,19)(H,17,20). The van der Waals surface area contributed by atoms with Crippen LogP contribution in [0.15, 0.2) is 12.1 Å². The predicted octanol–water partition coefficient (Wildman–Crippen LogP) is 1.42. The van der Waals surface area contributed by atoms with Crippen LogP contribution in [0.4, 0.5) is 5.82 Å². The predicted molar refractivity (Wildman–Crippen MR) is 79.0 cm³/mol. The second kappa shape index (κ2) is 8.37. The molecule has 0 aliphatic heterocycles. The highest BCUT2D eigenvalue weighted by molar-refractivity contribution is 6.29. The lowest BCUT2D eigenvalue weighted by atomic mass is 10.2. The number of pyridine rings is 1. The molecule has 0 unspecified atom stereocenters. The summed E-state index contributed by atoms with van der Waals surface area (Å²) in [5.74, 6) is -0.0482. The lowest BCUT2D eigenvalue weighted by Gasteiger charge is -2.08. The first-order valence-electron chi connectivity index (χ1n) is 6.53. The van der Waals surface area contributed by atoms with Gasteiger partial charge in [-0.15, -0.1) is 0 Å². The maximum Gasteiger partial charge on any atom is 0.251 e. The topological polar surface area (TPSA) is 83.1 Å². The quantitative estimate of drug-likeness (QED) is 0.665. The van der Waals surface area contributed by atoms with Gasteiger partial charge in [0, 0.05) is 18.7 Å². The number of halogens is 1. The molecule has 0 aliphatic rings. The molecule has 0 radical (unpaired) electrons. The van der Waals surface area contributed by atoms with E-state index >= 15 is 0 Å². The van der Waals surface area contributed by atoms with Gasteiger partial charge in [-0.1, -0.05) is 18.5 Å². The Morgan fingerprint density at radius 1 is 1.25 bits per heavy atom. The number of hydrogen-bond acceptors (Lipinski definition) is 4. The fourth-order valence-electron chi connectivity index (χ4n) is 1.49. The first kappa shape index (κ1) is 16.2. The van der Waals surface area contributed by atoms with E-state index in [4.69, 9.17) is 11.6 Å².